The monoisotopic (exact) mass is 336 g/mol. The van der Waals surface area contributed by atoms with Crippen molar-refractivity contribution in [3.63, 3.8) is 0 Å². The van der Waals surface area contributed by atoms with E-state index in [0.717, 1.165) is 29.1 Å². The normalized spacial score (nSPS) is 11.8. The number of rotatable bonds is 8. The van der Waals surface area contributed by atoms with Crippen LogP contribution in [-0.2, 0) is 15.6 Å². The molecule has 1 aromatic carbocycles. The number of hydrogen-bond donors (Lipinski definition) is 1. The van der Waals surface area contributed by atoms with E-state index in [1.165, 1.54) is 0 Å². The average molecular weight is 336 g/mol. The Kier molecular flexibility index (Phi) is 5.96. The van der Waals surface area contributed by atoms with Crippen LogP contribution in [0.15, 0.2) is 30.3 Å². The maximum absolute atomic E-state index is 12.1. The molecule has 0 atom stereocenters. The lowest BCUT2D eigenvalue weighted by Gasteiger charge is -2.07. The molecule has 0 amide bonds. The van der Waals surface area contributed by atoms with E-state index in [9.17, 15) is 8.42 Å². The second-order valence-corrected chi connectivity index (χ2v) is 8.07. The van der Waals surface area contributed by atoms with E-state index >= 15 is 0 Å². The zero-order chi connectivity index (χ0) is 16.9. The molecule has 6 heteroatoms. The van der Waals surface area contributed by atoms with Crippen molar-refractivity contribution in [3.05, 3.63) is 47.3 Å². The average Bonchev–Trinajstić information content (AvgIpc) is 2.83. The van der Waals surface area contributed by atoms with Gasteiger partial charge in [-0.3, -0.25) is 0 Å². The third-order valence-electron chi connectivity index (χ3n) is 3.69. The van der Waals surface area contributed by atoms with Crippen LogP contribution in [0.1, 0.15) is 36.2 Å². The molecule has 1 heterocycles. The fraction of sp³-hybridized carbons (Fsp3) is 0.471. The van der Waals surface area contributed by atoms with E-state index in [1.807, 2.05) is 48.9 Å². The summed E-state index contributed by atoms with van der Waals surface area (Å²) in [6, 6.07) is 9.49. The molecule has 0 bridgehead atoms. The Morgan fingerprint density at radius 2 is 1.78 bits per heavy atom. The first-order valence-corrected chi connectivity index (χ1v) is 9.67. The Balaban J connectivity index is 2.01. The first-order chi connectivity index (χ1) is 10.9. The Morgan fingerprint density at radius 1 is 1.09 bits per heavy atom. The first-order valence-electron chi connectivity index (χ1n) is 7.85. The summed E-state index contributed by atoms with van der Waals surface area (Å²) in [6.07, 6.45) is 2.01. The number of aliphatic hydroxyl groups is 1. The van der Waals surface area contributed by atoms with Crippen LogP contribution in [0.5, 0.6) is 0 Å². The Morgan fingerprint density at radius 3 is 2.35 bits per heavy atom. The van der Waals surface area contributed by atoms with E-state index < -0.39 is 9.84 Å². The number of aromatic nitrogens is 2. The molecule has 126 valence electrons. The predicted molar refractivity (Wildman–Crippen MR) is 91.5 cm³/mol. The van der Waals surface area contributed by atoms with Gasteiger partial charge < -0.3 is 5.11 Å². The number of unbranched alkanes of at least 4 members (excludes halogenated alkanes) is 2. The van der Waals surface area contributed by atoms with Crippen LogP contribution in [0.3, 0.4) is 0 Å². The van der Waals surface area contributed by atoms with Crippen LogP contribution < -0.4 is 0 Å². The number of aryl methyl sites for hydroxylation is 2. The van der Waals surface area contributed by atoms with Crippen molar-refractivity contribution < 1.29 is 13.5 Å². The maximum atomic E-state index is 12.1. The molecule has 0 saturated heterocycles. The van der Waals surface area contributed by atoms with E-state index in [-0.39, 0.29) is 18.1 Å². The van der Waals surface area contributed by atoms with Gasteiger partial charge in [-0.25, -0.2) is 13.1 Å². The molecular weight excluding hydrogens is 312 g/mol. The molecule has 0 unspecified atom stereocenters. The highest BCUT2D eigenvalue weighted by Crippen LogP contribution is 2.15. The van der Waals surface area contributed by atoms with E-state index in [4.69, 9.17) is 5.11 Å². The van der Waals surface area contributed by atoms with Crippen LogP contribution in [-0.4, -0.2) is 35.7 Å². The van der Waals surface area contributed by atoms with Crippen molar-refractivity contribution in [2.75, 3.05) is 12.4 Å². The van der Waals surface area contributed by atoms with Crippen LogP contribution in [0.2, 0.25) is 0 Å². The molecular formula is C17H24N2O3S. The molecule has 1 aromatic heterocycles. The molecule has 0 spiro atoms. The first kappa shape index (κ1) is 17.7. The SMILES string of the molecule is Cc1cc(C)n(-c2ccc(CS(=O)(=O)CCCCCO)cc2)n1. The van der Waals surface area contributed by atoms with Crippen molar-refractivity contribution in [3.8, 4) is 5.69 Å². The van der Waals surface area contributed by atoms with E-state index in [1.54, 1.807) is 0 Å². The van der Waals surface area contributed by atoms with Gasteiger partial charge in [-0.1, -0.05) is 18.6 Å². The highest BCUT2D eigenvalue weighted by molar-refractivity contribution is 7.90. The summed E-state index contributed by atoms with van der Waals surface area (Å²) in [4.78, 5) is 0. The number of sulfone groups is 1. The van der Waals surface area contributed by atoms with Crippen molar-refractivity contribution in [2.24, 2.45) is 0 Å². The van der Waals surface area contributed by atoms with Crippen molar-refractivity contribution in [2.45, 2.75) is 38.9 Å². The Bertz CT molecular complexity index is 734. The second-order valence-electron chi connectivity index (χ2n) is 5.88. The van der Waals surface area contributed by atoms with Gasteiger partial charge in [0.2, 0.25) is 0 Å². The highest BCUT2D eigenvalue weighted by Gasteiger charge is 2.12. The van der Waals surface area contributed by atoms with E-state index in [2.05, 4.69) is 5.10 Å². The molecule has 0 aliphatic rings. The summed E-state index contributed by atoms with van der Waals surface area (Å²) in [7, 11) is -3.10. The fourth-order valence-electron chi connectivity index (χ4n) is 2.56. The van der Waals surface area contributed by atoms with Gasteiger partial charge in [-0.2, -0.15) is 5.10 Å². The summed E-state index contributed by atoms with van der Waals surface area (Å²) >= 11 is 0. The molecule has 2 aromatic rings. The molecule has 0 aliphatic carbocycles. The number of hydrogen-bond acceptors (Lipinski definition) is 4. The van der Waals surface area contributed by atoms with Crippen molar-refractivity contribution in [1.29, 1.82) is 0 Å². The fourth-order valence-corrected chi connectivity index (χ4v) is 4.05. The summed E-state index contributed by atoms with van der Waals surface area (Å²) in [5, 5.41) is 13.1. The smallest absolute Gasteiger partial charge is 0.154 e. The molecule has 0 fully saturated rings. The predicted octanol–water partition coefficient (Wildman–Crippen LogP) is 2.57. The standard InChI is InChI=1S/C17H24N2O3S/c1-14-12-15(2)19(18-14)17-8-6-16(7-9-17)13-23(21,22)11-5-3-4-10-20/h6-9,12,20H,3-5,10-11,13H2,1-2H3. The lowest BCUT2D eigenvalue weighted by Crippen LogP contribution is -2.09. The molecule has 23 heavy (non-hydrogen) atoms. The third kappa shape index (κ3) is 5.18. The van der Waals surface area contributed by atoms with Crippen molar-refractivity contribution in [1.82, 2.24) is 9.78 Å². The van der Waals surface area contributed by atoms with Gasteiger partial charge >= 0.3 is 0 Å². The zero-order valence-corrected chi connectivity index (χ0v) is 14.5. The van der Waals surface area contributed by atoms with Gasteiger partial charge in [0.05, 0.1) is 22.9 Å². The van der Waals surface area contributed by atoms with Crippen molar-refractivity contribution >= 4 is 9.84 Å². The highest BCUT2D eigenvalue weighted by atomic mass is 32.2. The number of benzene rings is 1. The summed E-state index contributed by atoms with van der Waals surface area (Å²) in [5.41, 5.74) is 3.72. The molecule has 0 radical (unpaired) electrons. The van der Waals surface area contributed by atoms with Crippen LogP contribution in [0, 0.1) is 13.8 Å². The zero-order valence-electron chi connectivity index (χ0n) is 13.7. The topological polar surface area (TPSA) is 72.2 Å². The minimum absolute atomic E-state index is 0.0590. The van der Waals surface area contributed by atoms with Gasteiger partial charge in [0.15, 0.2) is 9.84 Å². The third-order valence-corrected chi connectivity index (χ3v) is 5.37. The molecule has 0 aliphatic heterocycles. The Hall–Kier alpha value is -1.66. The van der Waals surface area contributed by atoms with Crippen LogP contribution >= 0.6 is 0 Å². The second kappa shape index (κ2) is 7.75. The largest absolute Gasteiger partial charge is 0.396 e. The van der Waals surface area contributed by atoms with E-state index in [0.29, 0.717) is 12.8 Å². The van der Waals surface area contributed by atoms with Crippen LogP contribution in [0.25, 0.3) is 5.69 Å². The van der Waals surface area contributed by atoms with Crippen LogP contribution in [0.4, 0.5) is 0 Å². The summed E-state index contributed by atoms with van der Waals surface area (Å²) in [6.45, 7) is 4.06. The molecule has 2 rings (SSSR count). The molecule has 5 nitrogen and oxygen atoms in total. The van der Waals surface area contributed by atoms with Gasteiger partial charge in [0, 0.05) is 12.3 Å². The summed E-state index contributed by atoms with van der Waals surface area (Å²) in [5.74, 6) is 0.232. The molecule has 0 saturated carbocycles. The lowest BCUT2D eigenvalue weighted by molar-refractivity contribution is 0.284. The van der Waals surface area contributed by atoms with Gasteiger partial charge in [-0.05, 0) is 50.5 Å². The maximum Gasteiger partial charge on any atom is 0.154 e. The quantitative estimate of drug-likeness (QED) is 0.752. The minimum atomic E-state index is -3.10. The summed E-state index contributed by atoms with van der Waals surface area (Å²) < 4.78 is 26.0. The minimum Gasteiger partial charge on any atom is -0.396 e. The number of nitrogens with zero attached hydrogens (tertiary/aromatic N) is 2. The number of aliphatic hydroxyl groups excluding tert-OH is 1. The molecule has 1 N–H and O–H groups in total. The van der Waals surface area contributed by atoms with Gasteiger partial charge in [-0.15, -0.1) is 0 Å². The lowest BCUT2D eigenvalue weighted by atomic mass is 10.2. The van der Waals surface area contributed by atoms with Gasteiger partial charge in [0.25, 0.3) is 0 Å². The Labute approximate surface area is 137 Å². The van der Waals surface area contributed by atoms with Gasteiger partial charge in [0.1, 0.15) is 0 Å².